The van der Waals surface area contributed by atoms with Crippen LogP contribution in [-0.4, -0.2) is 28.7 Å². The predicted octanol–water partition coefficient (Wildman–Crippen LogP) is 2.69. The van der Waals surface area contributed by atoms with Crippen molar-refractivity contribution < 1.29 is 9.47 Å². The monoisotopic (exact) mass is 312 g/mol. The van der Waals surface area contributed by atoms with Gasteiger partial charge < -0.3 is 9.47 Å². The highest BCUT2D eigenvalue weighted by atomic mass is 79.9. The molecule has 2 nitrogen and oxygen atoms in total. The molecule has 0 bridgehead atoms. The minimum Gasteiger partial charge on any atom is -0.345 e. The molecule has 0 aromatic heterocycles. The molecule has 0 N–H and O–H groups in total. The Bertz CT molecular complexity index is 192. The Balaban J connectivity index is 2.20. The van der Waals surface area contributed by atoms with E-state index in [0.29, 0.717) is 15.6 Å². The van der Waals surface area contributed by atoms with Gasteiger partial charge in [0.2, 0.25) is 0 Å². The van der Waals surface area contributed by atoms with E-state index < -0.39 is 5.79 Å². The Kier molecular flexibility index (Phi) is 3.04. The fraction of sp³-hybridized carbons (Fsp3) is 1.00. The van der Waals surface area contributed by atoms with E-state index in [0.717, 1.165) is 19.6 Å². The van der Waals surface area contributed by atoms with E-state index in [4.69, 9.17) is 9.47 Å². The summed E-state index contributed by atoms with van der Waals surface area (Å²) >= 11 is 7.36. The van der Waals surface area contributed by atoms with E-state index in [1.807, 2.05) is 0 Å². The highest BCUT2D eigenvalue weighted by Gasteiger charge is 2.53. The van der Waals surface area contributed by atoms with E-state index in [-0.39, 0.29) is 0 Å². The summed E-state index contributed by atoms with van der Waals surface area (Å²) in [4.78, 5) is 0.628. The number of alkyl halides is 2. The van der Waals surface area contributed by atoms with Crippen LogP contribution in [0.5, 0.6) is 0 Å². The summed E-state index contributed by atoms with van der Waals surface area (Å²) in [6.45, 7) is 3.68. The highest BCUT2D eigenvalue weighted by molar-refractivity contribution is 9.10. The summed E-state index contributed by atoms with van der Waals surface area (Å²) in [5, 5.41) is 0. The molecule has 0 aromatic carbocycles. The zero-order valence-corrected chi connectivity index (χ0v) is 10.8. The van der Waals surface area contributed by atoms with E-state index >= 15 is 0 Å². The summed E-state index contributed by atoms with van der Waals surface area (Å²) in [5.41, 5.74) is 0. The summed E-state index contributed by atoms with van der Waals surface area (Å²) < 4.78 is 11.5. The lowest BCUT2D eigenvalue weighted by atomic mass is 9.86. The largest absolute Gasteiger partial charge is 0.345 e. The minimum absolute atomic E-state index is 0.306. The molecular weight excluding hydrogens is 300 g/mol. The van der Waals surface area contributed by atoms with Crippen molar-refractivity contribution >= 4 is 31.9 Å². The quantitative estimate of drug-likeness (QED) is 0.640. The zero-order chi connectivity index (χ0) is 9.47. The second-order valence-corrected chi connectivity index (χ2v) is 5.93. The van der Waals surface area contributed by atoms with E-state index in [1.54, 1.807) is 0 Å². The van der Waals surface area contributed by atoms with E-state index in [2.05, 4.69) is 38.8 Å². The van der Waals surface area contributed by atoms with Crippen molar-refractivity contribution in [2.75, 3.05) is 13.2 Å². The molecule has 0 amide bonds. The number of rotatable bonds is 0. The fourth-order valence-corrected chi connectivity index (χ4v) is 4.13. The van der Waals surface area contributed by atoms with Gasteiger partial charge in [0.05, 0.1) is 22.9 Å². The van der Waals surface area contributed by atoms with Crippen molar-refractivity contribution in [1.29, 1.82) is 0 Å². The zero-order valence-electron chi connectivity index (χ0n) is 7.63. The van der Waals surface area contributed by atoms with E-state index in [9.17, 15) is 0 Å². The van der Waals surface area contributed by atoms with Crippen LogP contribution in [0.3, 0.4) is 0 Å². The van der Waals surface area contributed by atoms with Gasteiger partial charge in [-0.1, -0.05) is 38.8 Å². The first-order valence-electron chi connectivity index (χ1n) is 4.73. The lowest BCUT2D eigenvalue weighted by Gasteiger charge is -2.43. The maximum absolute atomic E-state index is 5.76. The topological polar surface area (TPSA) is 18.5 Å². The van der Waals surface area contributed by atoms with Crippen molar-refractivity contribution in [3.8, 4) is 0 Å². The van der Waals surface area contributed by atoms with Crippen LogP contribution in [-0.2, 0) is 9.47 Å². The molecule has 4 heteroatoms. The van der Waals surface area contributed by atoms with Gasteiger partial charge >= 0.3 is 0 Å². The normalized spacial score (nSPS) is 44.1. The Morgan fingerprint density at radius 3 is 2.38 bits per heavy atom. The van der Waals surface area contributed by atoms with Crippen LogP contribution < -0.4 is 0 Å². The fourth-order valence-electron chi connectivity index (χ4n) is 2.11. The Morgan fingerprint density at radius 2 is 1.77 bits per heavy atom. The van der Waals surface area contributed by atoms with Crippen LogP contribution in [0.4, 0.5) is 0 Å². The predicted molar refractivity (Wildman–Crippen MR) is 58.5 cm³/mol. The minimum atomic E-state index is -0.405. The SMILES string of the molecule is C[C@@H]1CCC(Br)C2(OCCO2)C1Br. The third-order valence-electron chi connectivity index (χ3n) is 2.93. The van der Waals surface area contributed by atoms with Crippen molar-refractivity contribution in [3.63, 3.8) is 0 Å². The van der Waals surface area contributed by atoms with Gasteiger partial charge in [-0.2, -0.15) is 0 Å². The van der Waals surface area contributed by atoms with Gasteiger partial charge in [-0.25, -0.2) is 0 Å². The Morgan fingerprint density at radius 1 is 1.15 bits per heavy atom. The number of hydrogen-bond donors (Lipinski definition) is 0. The van der Waals surface area contributed by atoms with Crippen molar-refractivity contribution in [2.24, 2.45) is 5.92 Å². The third-order valence-corrected chi connectivity index (χ3v) is 5.57. The van der Waals surface area contributed by atoms with Crippen LogP contribution >= 0.6 is 31.9 Å². The molecule has 2 unspecified atom stereocenters. The first-order valence-corrected chi connectivity index (χ1v) is 6.56. The summed E-state index contributed by atoms with van der Waals surface area (Å²) in [6.07, 6.45) is 2.35. The molecule has 2 aliphatic rings. The molecule has 0 radical (unpaired) electrons. The molecule has 1 spiro atoms. The summed E-state index contributed by atoms with van der Waals surface area (Å²) in [6, 6.07) is 0. The molecule has 2 rings (SSSR count). The molecule has 1 aliphatic heterocycles. The lowest BCUT2D eigenvalue weighted by molar-refractivity contribution is -0.171. The van der Waals surface area contributed by atoms with Crippen LogP contribution in [0.2, 0.25) is 0 Å². The van der Waals surface area contributed by atoms with E-state index in [1.165, 1.54) is 6.42 Å². The molecule has 1 saturated heterocycles. The second-order valence-electron chi connectivity index (χ2n) is 3.84. The number of hydrogen-bond acceptors (Lipinski definition) is 2. The van der Waals surface area contributed by atoms with Crippen molar-refractivity contribution in [1.82, 2.24) is 0 Å². The summed E-state index contributed by atoms with van der Waals surface area (Å²) in [7, 11) is 0. The van der Waals surface area contributed by atoms with Gasteiger partial charge in [-0.05, 0) is 18.8 Å². The van der Waals surface area contributed by atoms with Crippen molar-refractivity contribution in [2.45, 2.75) is 35.2 Å². The molecular formula is C9H14Br2O2. The Hall–Kier alpha value is 0.880. The lowest BCUT2D eigenvalue weighted by Crippen LogP contribution is -2.53. The molecule has 0 aromatic rings. The molecule has 76 valence electrons. The summed E-state index contributed by atoms with van der Waals surface area (Å²) in [5.74, 6) is 0.212. The molecule has 1 aliphatic carbocycles. The number of ether oxygens (including phenoxy) is 2. The first kappa shape index (κ1) is 10.4. The second kappa shape index (κ2) is 3.80. The van der Waals surface area contributed by atoms with Crippen LogP contribution in [0, 0.1) is 5.92 Å². The van der Waals surface area contributed by atoms with Crippen LogP contribution in [0.15, 0.2) is 0 Å². The van der Waals surface area contributed by atoms with Crippen LogP contribution in [0.25, 0.3) is 0 Å². The highest BCUT2D eigenvalue weighted by Crippen LogP contribution is 2.46. The maximum Gasteiger partial charge on any atom is 0.193 e. The van der Waals surface area contributed by atoms with Crippen molar-refractivity contribution in [3.05, 3.63) is 0 Å². The van der Waals surface area contributed by atoms with Gasteiger partial charge in [0.15, 0.2) is 5.79 Å². The van der Waals surface area contributed by atoms with Gasteiger partial charge in [0, 0.05) is 0 Å². The molecule has 1 saturated carbocycles. The molecule has 13 heavy (non-hydrogen) atoms. The average Bonchev–Trinajstić information content (AvgIpc) is 2.59. The third kappa shape index (κ3) is 1.60. The standard InChI is InChI=1S/C9H14Br2O2/c1-6-2-3-7(10)9(8(6)11)12-4-5-13-9/h6-8H,2-5H2,1H3/t6-,7?,8?/m1/s1. The van der Waals surface area contributed by atoms with Gasteiger partial charge in [0.1, 0.15) is 0 Å². The van der Waals surface area contributed by atoms with Gasteiger partial charge in [-0.15, -0.1) is 0 Å². The molecule has 1 heterocycles. The maximum atomic E-state index is 5.76. The van der Waals surface area contributed by atoms with Crippen LogP contribution in [0.1, 0.15) is 19.8 Å². The molecule has 3 atom stereocenters. The molecule has 2 fully saturated rings. The Labute approximate surface area is 95.6 Å². The van der Waals surface area contributed by atoms with Gasteiger partial charge in [-0.3, -0.25) is 0 Å². The first-order chi connectivity index (χ1) is 6.17. The average molecular weight is 314 g/mol. The van der Waals surface area contributed by atoms with Gasteiger partial charge in [0.25, 0.3) is 0 Å². The smallest absolute Gasteiger partial charge is 0.193 e. The number of halogens is 2.